The lowest BCUT2D eigenvalue weighted by atomic mass is 10.0. The predicted octanol–water partition coefficient (Wildman–Crippen LogP) is 3.27. The number of rotatable bonds is 1. The molecule has 2 aromatic rings. The average Bonchev–Trinajstić information content (AvgIpc) is 2.35. The van der Waals surface area contributed by atoms with Gasteiger partial charge in [-0.2, -0.15) is 10.5 Å². The van der Waals surface area contributed by atoms with E-state index in [1.54, 1.807) is 0 Å². The maximum atomic E-state index is 8.91. The maximum Gasteiger partial charge on any atom is 0.101 e. The number of nitriles is 2. The van der Waals surface area contributed by atoms with Gasteiger partial charge in [0, 0.05) is 6.08 Å². The second-order valence-electron chi connectivity index (χ2n) is 3.36. The Balaban J connectivity index is 2.61. The van der Waals surface area contributed by atoms with E-state index in [0.717, 1.165) is 16.3 Å². The van der Waals surface area contributed by atoms with Crippen LogP contribution in [0.4, 0.5) is 0 Å². The largest absolute Gasteiger partial charge is 0.193 e. The van der Waals surface area contributed by atoms with Crippen LogP contribution in [0, 0.1) is 22.7 Å². The van der Waals surface area contributed by atoms with Gasteiger partial charge < -0.3 is 0 Å². The fourth-order valence-corrected chi connectivity index (χ4v) is 1.60. The number of allylic oxidation sites excluding steroid dienone is 2. The first kappa shape index (κ1) is 9.96. The molecule has 2 aromatic carbocycles. The molecule has 0 aliphatic rings. The number of nitrogens with zero attached hydrogens (tertiary/aromatic N) is 2. The van der Waals surface area contributed by atoms with Gasteiger partial charge in [0.1, 0.15) is 6.07 Å². The van der Waals surface area contributed by atoms with Crippen molar-refractivity contribution in [3.63, 3.8) is 0 Å². The van der Waals surface area contributed by atoms with Gasteiger partial charge in [0.2, 0.25) is 0 Å². The second kappa shape index (κ2) is 4.29. The lowest BCUT2D eigenvalue weighted by Crippen LogP contribution is -1.81. The minimum Gasteiger partial charge on any atom is -0.193 e. The van der Waals surface area contributed by atoms with Gasteiger partial charge in [-0.3, -0.25) is 0 Å². The van der Waals surface area contributed by atoms with E-state index >= 15 is 0 Å². The quantitative estimate of drug-likeness (QED) is 0.669. The summed E-state index contributed by atoms with van der Waals surface area (Å²) in [6, 6.07) is 17.5. The molecule has 0 spiro atoms. The molecule has 0 fully saturated rings. The molecule has 0 saturated heterocycles. The highest BCUT2D eigenvalue weighted by Crippen LogP contribution is 2.20. The Labute approximate surface area is 93.7 Å². The molecule has 16 heavy (non-hydrogen) atoms. The van der Waals surface area contributed by atoms with E-state index in [-0.39, 0.29) is 0 Å². The van der Waals surface area contributed by atoms with Crippen molar-refractivity contribution in [3.8, 4) is 12.1 Å². The number of hydrogen-bond acceptors (Lipinski definition) is 2. The normalized spacial score (nSPS) is 10.8. The predicted molar refractivity (Wildman–Crippen MR) is 63.2 cm³/mol. The van der Waals surface area contributed by atoms with Crippen LogP contribution in [0.25, 0.3) is 16.3 Å². The molecule has 0 atom stereocenters. The van der Waals surface area contributed by atoms with Gasteiger partial charge in [-0.25, -0.2) is 0 Å². The van der Waals surface area contributed by atoms with E-state index in [2.05, 4.69) is 0 Å². The molecule has 2 rings (SSSR count). The first-order valence-electron chi connectivity index (χ1n) is 4.84. The molecule has 0 heterocycles. The Hall–Kier alpha value is -2.58. The molecule has 0 amide bonds. The van der Waals surface area contributed by atoms with E-state index in [9.17, 15) is 0 Å². The van der Waals surface area contributed by atoms with Gasteiger partial charge in [0.05, 0.1) is 11.6 Å². The first-order chi connectivity index (χ1) is 7.85. The minimum atomic E-state index is 0.397. The molecule has 0 bridgehead atoms. The van der Waals surface area contributed by atoms with E-state index in [0.29, 0.717) is 5.57 Å². The Morgan fingerprint density at radius 2 is 1.75 bits per heavy atom. The Bertz CT molecular complexity index is 640. The van der Waals surface area contributed by atoms with Crippen molar-refractivity contribution in [2.45, 2.75) is 0 Å². The molecule has 0 unspecified atom stereocenters. The van der Waals surface area contributed by atoms with Crippen LogP contribution in [-0.4, -0.2) is 0 Å². The van der Waals surface area contributed by atoms with Gasteiger partial charge in [0.25, 0.3) is 0 Å². The molecular formula is C14H8N2. The van der Waals surface area contributed by atoms with Gasteiger partial charge >= 0.3 is 0 Å². The molecule has 0 saturated carbocycles. The highest BCUT2D eigenvalue weighted by atomic mass is 14.3. The zero-order valence-corrected chi connectivity index (χ0v) is 8.51. The average molecular weight is 204 g/mol. The van der Waals surface area contributed by atoms with E-state index in [1.165, 1.54) is 6.08 Å². The highest BCUT2D eigenvalue weighted by Gasteiger charge is 2.01. The van der Waals surface area contributed by atoms with Crippen molar-refractivity contribution in [2.75, 3.05) is 0 Å². The van der Waals surface area contributed by atoms with Crippen molar-refractivity contribution in [1.29, 1.82) is 10.5 Å². The maximum absolute atomic E-state index is 8.91. The SMILES string of the molecule is N#CC=C(C#N)c1ccc2ccccc2c1. The van der Waals surface area contributed by atoms with Crippen molar-refractivity contribution in [2.24, 2.45) is 0 Å². The van der Waals surface area contributed by atoms with Gasteiger partial charge in [0.15, 0.2) is 0 Å². The molecular weight excluding hydrogens is 196 g/mol. The first-order valence-corrected chi connectivity index (χ1v) is 4.84. The summed E-state index contributed by atoms with van der Waals surface area (Å²) in [6.07, 6.45) is 1.27. The van der Waals surface area contributed by atoms with Gasteiger partial charge in [-0.05, 0) is 22.4 Å². The summed E-state index contributed by atoms with van der Waals surface area (Å²) >= 11 is 0. The Kier molecular flexibility index (Phi) is 2.67. The highest BCUT2D eigenvalue weighted by molar-refractivity contribution is 5.89. The smallest absolute Gasteiger partial charge is 0.101 e. The summed E-state index contributed by atoms with van der Waals surface area (Å²) in [5.74, 6) is 0. The third kappa shape index (κ3) is 1.78. The van der Waals surface area contributed by atoms with E-state index < -0.39 is 0 Å². The fraction of sp³-hybridized carbons (Fsp3) is 0. The zero-order valence-electron chi connectivity index (χ0n) is 8.51. The van der Waals surface area contributed by atoms with Crippen LogP contribution < -0.4 is 0 Å². The standard InChI is InChI=1S/C14H8N2/c15-8-7-14(10-16)13-6-5-11-3-1-2-4-12(11)9-13/h1-7,9H. The van der Waals surface area contributed by atoms with Crippen LogP contribution in [-0.2, 0) is 0 Å². The van der Waals surface area contributed by atoms with Crippen molar-refractivity contribution >= 4 is 16.3 Å². The molecule has 0 aromatic heterocycles. The zero-order chi connectivity index (χ0) is 11.4. The summed E-state index contributed by atoms with van der Waals surface area (Å²) in [5, 5.41) is 19.7. The van der Waals surface area contributed by atoms with Crippen LogP contribution in [0.3, 0.4) is 0 Å². The van der Waals surface area contributed by atoms with Crippen LogP contribution >= 0.6 is 0 Å². The third-order valence-corrected chi connectivity index (χ3v) is 2.39. The third-order valence-electron chi connectivity index (χ3n) is 2.39. The Morgan fingerprint density at radius 3 is 2.44 bits per heavy atom. The lowest BCUT2D eigenvalue weighted by Gasteiger charge is -2.01. The molecule has 0 aliphatic heterocycles. The van der Waals surface area contributed by atoms with E-state index in [4.69, 9.17) is 10.5 Å². The fourth-order valence-electron chi connectivity index (χ4n) is 1.60. The number of hydrogen-bond donors (Lipinski definition) is 0. The van der Waals surface area contributed by atoms with E-state index in [1.807, 2.05) is 54.6 Å². The number of benzene rings is 2. The van der Waals surface area contributed by atoms with Crippen molar-refractivity contribution in [1.82, 2.24) is 0 Å². The second-order valence-corrected chi connectivity index (χ2v) is 3.36. The topological polar surface area (TPSA) is 47.6 Å². The summed E-state index contributed by atoms with van der Waals surface area (Å²) in [7, 11) is 0. The monoisotopic (exact) mass is 204 g/mol. The summed E-state index contributed by atoms with van der Waals surface area (Å²) < 4.78 is 0. The van der Waals surface area contributed by atoms with Crippen LogP contribution in [0.15, 0.2) is 48.5 Å². The molecule has 0 aliphatic carbocycles. The molecule has 2 nitrogen and oxygen atoms in total. The number of fused-ring (bicyclic) bond motifs is 1. The van der Waals surface area contributed by atoms with Crippen LogP contribution in [0.2, 0.25) is 0 Å². The van der Waals surface area contributed by atoms with Gasteiger partial charge in [-0.1, -0.05) is 36.4 Å². The molecule has 2 heteroatoms. The lowest BCUT2D eigenvalue weighted by molar-refractivity contribution is 1.51. The molecule has 74 valence electrons. The molecule has 0 radical (unpaired) electrons. The minimum absolute atomic E-state index is 0.397. The summed E-state index contributed by atoms with van der Waals surface area (Å²) in [4.78, 5) is 0. The van der Waals surface area contributed by atoms with Crippen molar-refractivity contribution in [3.05, 3.63) is 54.1 Å². The van der Waals surface area contributed by atoms with Crippen LogP contribution in [0.1, 0.15) is 5.56 Å². The molecule has 0 N–H and O–H groups in total. The Morgan fingerprint density at radius 1 is 1.00 bits per heavy atom. The summed E-state index contributed by atoms with van der Waals surface area (Å²) in [6.45, 7) is 0. The summed E-state index contributed by atoms with van der Waals surface area (Å²) in [5.41, 5.74) is 1.18. The van der Waals surface area contributed by atoms with Crippen molar-refractivity contribution < 1.29 is 0 Å². The van der Waals surface area contributed by atoms with Crippen LogP contribution in [0.5, 0.6) is 0 Å². The van der Waals surface area contributed by atoms with Gasteiger partial charge in [-0.15, -0.1) is 0 Å².